The summed E-state index contributed by atoms with van der Waals surface area (Å²) < 4.78 is 10.3. The zero-order valence-electron chi connectivity index (χ0n) is 13.2. The Morgan fingerprint density at radius 1 is 1.23 bits per heavy atom. The third kappa shape index (κ3) is 5.37. The molecule has 22 heavy (non-hydrogen) atoms. The third-order valence-electron chi connectivity index (χ3n) is 3.35. The highest BCUT2D eigenvalue weighted by Gasteiger charge is 2.22. The highest BCUT2D eigenvalue weighted by molar-refractivity contribution is 5.96. The largest absolute Gasteiger partial charge is 0.491 e. The van der Waals surface area contributed by atoms with E-state index >= 15 is 0 Å². The van der Waals surface area contributed by atoms with Gasteiger partial charge in [0.25, 0.3) is 5.91 Å². The van der Waals surface area contributed by atoms with Gasteiger partial charge in [-0.15, -0.1) is 0 Å². The van der Waals surface area contributed by atoms with Crippen LogP contribution in [0.15, 0.2) is 24.3 Å². The summed E-state index contributed by atoms with van der Waals surface area (Å²) >= 11 is 0. The van der Waals surface area contributed by atoms with Crippen LogP contribution in [0.3, 0.4) is 0 Å². The Bertz CT molecular complexity index is 486. The average molecular weight is 309 g/mol. The minimum atomic E-state index is -1.02. The number of hydrogen-bond donors (Lipinski definition) is 1. The minimum Gasteiger partial charge on any atom is -0.491 e. The molecular weight excluding hydrogens is 286 g/mol. The standard InChI is InChI=1S/C16H23NO5/c1-4-12(2)17(11-15(18)19)16(20)13-5-7-14(8-6-13)22-10-9-21-3/h5-8,12H,4,9-11H2,1-3H3,(H,18,19). The van der Waals surface area contributed by atoms with Gasteiger partial charge in [-0.3, -0.25) is 9.59 Å². The fraction of sp³-hybridized carbons (Fsp3) is 0.500. The number of ether oxygens (including phenoxy) is 2. The van der Waals surface area contributed by atoms with Crippen LogP contribution < -0.4 is 4.74 Å². The van der Waals surface area contributed by atoms with Crippen molar-refractivity contribution >= 4 is 11.9 Å². The van der Waals surface area contributed by atoms with Crippen LogP contribution in [-0.2, 0) is 9.53 Å². The number of methoxy groups -OCH3 is 1. The van der Waals surface area contributed by atoms with Crippen molar-refractivity contribution in [3.8, 4) is 5.75 Å². The molecule has 1 atom stereocenters. The predicted octanol–water partition coefficient (Wildman–Crippen LogP) is 2.04. The van der Waals surface area contributed by atoms with Crippen LogP contribution in [-0.4, -0.2) is 54.8 Å². The number of carbonyl (C=O) groups is 2. The Balaban J connectivity index is 2.78. The molecule has 0 saturated heterocycles. The molecule has 0 bridgehead atoms. The van der Waals surface area contributed by atoms with E-state index in [9.17, 15) is 9.59 Å². The van der Waals surface area contributed by atoms with Gasteiger partial charge in [0, 0.05) is 18.7 Å². The lowest BCUT2D eigenvalue weighted by atomic mass is 10.1. The van der Waals surface area contributed by atoms with E-state index < -0.39 is 5.97 Å². The highest BCUT2D eigenvalue weighted by atomic mass is 16.5. The smallest absolute Gasteiger partial charge is 0.323 e. The predicted molar refractivity (Wildman–Crippen MR) is 82.2 cm³/mol. The maximum atomic E-state index is 12.5. The minimum absolute atomic E-state index is 0.138. The van der Waals surface area contributed by atoms with Crippen LogP contribution in [0, 0.1) is 0 Å². The van der Waals surface area contributed by atoms with E-state index in [2.05, 4.69) is 0 Å². The summed E-state index contributed by atoms with van der Waals surface area (Å²) in [5.41, 5.74) is 0.445. The van der Waals surface area contributed by atoms with E-state index in [1.54, 1.807) is 31.4 Å². The Hall–Kier alpha value is -2.08. The van der Waals surface area contributed by atoms with Gasteiger partial charge in [0.05, 0.1) is 6.61 Å². The molecule has 0 fully saturated rings. The Morgan fingerprint density at radius 3 is 2.36 bits per heavy atom. The van der Waals surface area contributed by atoms with Gasteiger partial charge < -0.3 is 19.5 Å². The van der Waals surface area contributed by atoms with Crippen molar-refractivity contribution in [1.82, 2.24) is 4.90 Å². The van der Waals surface area contributed by atoms with Crippen LogP contribution in [0.5, 0.6) is 5.75 Å². The number of carboxylic acid groups (broad SMARTS) is 1. The molecule has 1 aromatic carbocycles. The molecule has 0 aliphatic rings. The summed E-state index contributed by atoms with van der Waals surface area (Å²) in [6.07, 6.45) is 0.692. The van der Waals surface area contributed by atoms with Gasteiger partial charge in [-0.05, 0) is 37.6 Å². The molecule has 1 rings (SSSR count). The Kier molecular flexibility index (Phi) is 7.39. The molecule has 0 aromatic heterocycles. The van der Waals surface area contributed by atoms with Crippen molar-refractivity contribution in [2.24, 2.45) is 0 Å². The number of benzene rings is 1. The molecule has 0 aliphatic heterocycles. The normalized spacial score (nSPS) is 11.8. The first kappa shape index (κ1) is 18.0. The summed E-state index contributed by atoms with van der Waals surface area (Å²) in [5.74, 6) is -0.671. The topological polar surface area (TPSA) is 76.1 Å². The summed E-state index contributed by atoms with van der Waals surface area (Å²) in [6.45, 7) is 4.37. The molecule has 122 valence electrons. The maximum absolute atomic E-state index is 12.5. The summed E-state index contributed by atoms with van der Waals surface area (Å²) in [7, 11) is 1.59. The van der Waals surface area contributed by atoms with Gasteiger partial charge in [0.15, 0.2) is 0 Å². The van der Waals surface area contributed by atoms with Crippen LogP contribution >= 0.6 is 0 Å². The number of aliphatic carboxylic acids is 1. The van der Waals surface area contributed by atoms with E-state index in [-0.39, 0.29) is 18.5 Å². The summed E-state index contributed by atoms with van der Waals surface area (Å²) in [6, 6.07) is 6.53. The van der Waals surface area contributed by atoms with Gasteiger partial charge in [0.1, 0.15) is 18.9 Å². The first-order valence-electron chi connectivity index (χ1n) is 7.24. The van der Waals surface area contributed by atoms with Crippen LogP contribution in [0.25, 0.3) is 0 Å². The van der Waals surface area contributed by atoms with Crippen LogP contribution in [0.1, 0.15) is 30.6 Å². The molecule has 6 nitrogen and oxygen atoms in total. The van der Waals surface area contributed by atoms with Crippen LogP contribution in [0.2, 0.25) is 0 Å². The van der Waals surface area contributed by atoms with Crippen LogP contribution in [0.4, 0.5) is 0 Å². The lowest BCUT2D eigenvalue weighted by Gasteiger charge is -2.27. The Labute approximate surface area is 130 Å². The van der Waals surface area contributed by atoms with Gasteiger partial charge in [0.2, 0.25) is 0 Å². The maximum Gasteiger partial charge on any atom is 0.323 e. The number of hydrogen-bond acceptors (Lipinski definition) is 4. The number of carbonyl (C=O) groups excluding carboxylic acids is 1. The molecule has 6 heteroatoms. The number of nitrogens with zero attached hydrogens (tertiary/aromatic N) is 1. The first-order valence-corrected chi connectivity index (χ1v) is 7.24. The van der Waals surface area contributed by atoms with Crippen molar-refractivity contribution in [2.45, 2.75) is 26.3 Å². The van der Waals surface area contributed by atoms with Crippen molar-refractivity contribution in [1.29, 1.82) is 0 Å². The number of amides is 1. The molecule has 1 amide bonds. The molecule has 1 unspecified atom stereocenters. The monoisotopic (exact) mass is 309 g/mol. The van der Waals surface area contributed by atoms with Crippen molar-refractivity contribution < 1.29 is 24.2 Å². The lowest BCUT2D eigenvalue weighted by Crippen LogP contribution is -2.41. The second kappa shape index (κ2) is 9.04. The summed E-state index contributed by atoms with van der Waals surface area (Å²) in [4.78, 5) is 24.8. The molecule has 1 aromatic rings. The third-order valence-corrected chi connectivity index (χ3v) is 3.35. The summed E-state index contributed by atoms with van der Waals surface area (Å²) in [5, 5.41) is 8.96. The fourth-order valence-electron chi connectivity index (χ4n) is 1.90. The highest BCUT2D eigenvalue weighted by Crippen LogP contribution is 2.15. The van der Waals surface area contributed by atoms with E-state index in [1.807, 2.05) is 13.8 Å². The van der Waals surface area contributed by atoms with Gasteiger partial charge >= 0.3 is 5.97 Å². The van der Waals surface area contributed by atoms with Crippen molar-refractivity contribution in [2.75, 3.05) is 26.9 Å². The first-order chi connectivity index (χ1) is 10.5. The Morgan fingerprint density at radius 2 is 1.86 bits per heavy atom. The fourth-order valence-corrected chi connectivity index (χ4v) is 1.90. The molecule has 0 heterocycles. The number of rotatable bonds is 9. The van der Waals surface area contributed by atoms with Gasteiger partial charge in [-0.25, -0.2) is 0 Å². The van der Waals surface area contributed by atoms with Crippen molar-refractivity contribution in [3.05, 3.63) is 29.8 Å². The van der Waals surface area contributed by atoms with E-state index in [4.69, 9.17) is 14.6 Å². The zero-order chi connectivity index (χ0) is 16.5. The lowest BCUT2D eigenvalue weighted by molar-refractivity contribution is -0.138. The van der Waals surface area contributed by atoms with Crippen molar-refractivity contribution in [3.63, 3.8) is 0 Å². The molecule has 0 spiro atoms. The molecule has 0 saturated carbocycles. The van der Waals surface area contributed by atoms with E-state index in [0.29, 0.717) is 30.9 Å². The number of carboxylic acids is 1. The quantitative estimate of drug-likeness (QED) is 0.706. The molecule has 0 aliphatic carbocycles. The zero-order valence-corrected chi connectivity index (χ0v) is 13.2. The average Bonchev–Trinajstić information content (AvgIpc) is 2.52. The molecular formula is C16H23NO5. The van der Waals surface area contributed by atoms with E-state index in [0.717, 1.165) is 0 Å². The second-order valence-electron chi connectivity index (χ2n) is 4.95. The van der Waals surface area contributed by atoms with Gasteiger partial charge in [-0.1, -0.05) is 6.92 Å². The molecule has 0 radical (unpaired) electrons. The van der Waals surface area contributed by atoms with E-state index in [1.165, 1.54) is 4.90 Å². The van der Waals surface area contributed by atoms with Gasteiger partial charge in [-0.2, -0.15) is 0 Å². The second-order valence-corrected chi connectivity index (χ2v) is 4.95. The SMILES string of the molecule is CCC(C)N(CC(=O)O)C(=O)c1ccc(OCCOC)cc1. The molecule has 1 N–H and O–H groups in total.